The summed E-state index contributed by atoms with van der Waals surface area (Å²) in [6.45, 7) is 24.3. The molecular weight excluding hydrogens is 502 g/mol. The van der Waals surface area contributed by atoms with Crippen LogP contribution in [0.4, 0.5) is 0 Å². The van der Waals surface area contributed by atoms with Gasteiger partial charge in [0.15, 0.2) is 0 Å². The Labute approximate surface area is 257 Å². The first kappa shape index (κ1) is 34.1. The lowest BCUT2D eigenvalue weighted by Gasteiger charge is -2.58. The lowest BCUT2D eigenvalue weighted by molar-refractivity contribution is -0.0523. The molecule has 4 rings (SSSR count). The molecule has 0 aromatic heterocycles. The fraction of sp³-hybridized carbons (Fsp3) is 0.895. The van der Waals surface area contributed by atoms with Gasteiger partial charge < -0.3 is 5.32 Å². The van der Waals surface area contributed by atoms with E-state index in [4.69, 9.17) is 0 Å². The number of thiol groups is 1. The van der Waals surface area contributed by atoms with Gasteiger partial charge in [0.05, 0.1) is 0 Å². The molecule has 232 valence electrons. The van der Waals surface area contributed by atoms with E-state index < -0.39 is 0 Å². The van der Waals surface area contributed by atoms with Crippen LogP contribution in [0.25, 0.3) is 0 Å². The van der Waals surface area contributed by atoms with Crippen molar-refractivity contribution in [1.29, 1.82) is 0 Å². The van der Waals surface area contributed by atoms with Crippen LogP contribution in [0.2, 0.25) is 0 Å². The monoisotopic (exact) mass is 572 g/mol. The lowest BCUT2D eigenvalue weighted by atomic mass is 9.46. The van der Waals surface area contributed by atoms with E-state index in [1.165, 1.54) is 89.9 Å². The molecule has 5 unspecified atom stereocenters. The largest absolute Gasteiger partial charge is 0.389 e. The highest BCUT2D eigenvalue weighted by atomic mass is 32.1. The van der Waals surface area contributed by atoms with E-state index in [-0.39, 0.29) is 0 Å². The molecule has 9 atom stereocenters. The molecular formula is C38H69NS. The van der Waals surface area contributed by atoms with Crippen molar-refractivity contribution in [3.05, 3.63) is 23.9 Å². The Morgan fingerprint density at radius 1 is 1.02 bits per heavy atom. The topological polar surface area (TPSA) is 12.0 Å². The van der Waals surface area contributed by atoms with Crippen molar-refractivity contribution in [2.45, 2.75) is 145 Å². The molecule has 0 bridgehead atoms. The molecule has 3 fully saturated rings. The predicted octanol–water partition coefficient (Wildman–Crippen LogP) is 11.5. The average molecular weight is 572 g/mol. The van der Waals surface area contributed by atoms with Gasteiger partial charge in [-0.1, -0.05) is 92.4 Å². The van der Waals surface area contributed by atoms with Crippen LogP contribution in [0.3, 0.4) is 0 Å². The number of nitrogens with one attached hydrogen (secondary N) is 1. The highest BCUT2D eigenvalue weighted by Gasteiger charge is 2.58. The van der Waals surface area contributed by atoms with Gasteiger partial charge in [0.2, 0.25) is 0 Å². The van der Waals surface area contributed by atoms with E-state index in [0.717, 1.165) is 65.3 Å². The SMILES string of the molecule is C=C(C)NCCCC(CC)CS.CC(C)CCC[C@@H](C)C1CCC2C3CC=C4C[C@@H](C)CC[C@]4(C)C3CC[C@@]21C. The van der Waals surface area contributed by atoms with Crippen molar-refractivity contribution in [1.82, 2.24) is 5.32 Å². The van der Waals surface area contributed by atoms with Crippen molar-refractivity contribution < 1.29 is 0 Å². The molecule has 0 heterocycles. The number of hydrogen-bond donors (Lipinski definition) is 2. The van der Waals surface area contributed by atoms with Crippen LogP contribution in [0.1, 0.15) is 145 Å². The number of rotatable bonds is 12. The second-order valence-electron chi connectivity index (χ2n) is 15.9. The maximum Gasteiger partial charge on any atom is 0.0143 e. The third-order valence-electron chi connectivity index (χ3n) is 12.6. The molecule has 0 amide bonds. The minimum absolute atomic E-state index is 0.553. The van der Waals surface area contributed by atoms with E-state index >= 15 is 0 Å². The Hall–Kier alpha value is -0.370. The van der Waals surface area contributed by atoms with Crippen LogP contribution in [0, 0.1) is 58.2 Å². The Morgan fingerprint density at radius 2 is 1.77 bits per heavy atom. The fourth-order valence-corrected chi connectivity index (χ4v) is 10.4. The lowest BCUT2D eigenvalue weighted by Crippen LogP contribution is -2.50. The number of hydrogen-bond acceptors (Lipinski definition) is 2. The van der Waals surface area contributed by atoms with Gasteiger partial charge in [-0.05, 0) is 135 Å². The Balaban J connectivity index is 0.000000312. The van der Waals surface area contributed by atoms with Crippen LogP contribution in [-0.2, 0) is 0 Å². The van der Waals surface area contributed by atoms with Gasteiger partial charge in [0.1, 0.15) is 0 Å². The van der Waals surface area contributed by atoms with Crippen LogP contribution in [0.15, 0.2) is 23.9 Å². The molecule has 4 aliphatic carbocycles. The molecule has 0 spiro atoms. The summed E-state index contributed by atoms with van der Waals surface area (Å²) < 4.78 is 0. The second-order valence-corrected chi connectivity index (χ2v) is 16.3. The van der Waals surface area contributed by atoms with Crippen molar-refractivity contribution in [2.75, 3.05) is 12.3 Å². The first-order valence-electron chi connectivity index (χ1n) is 17.7. The average Bonchev–Trinajstić information content (AvgIpc) is 3.26. The third-order valence-corrected chi connectivity index (χ3v) is 13.1. The van der Waals surface area contributed by atoms with E-state index in [0.29, 0.717) is 10.8 Å². The molecule has 1 N–H and O–H groups in total. The van der Waals surface area contributed by atoms with Crippen LogP contribution >= 0.6 is 12.6 Å². The predicted molar refractivity (Wildman–Crippen MR) is 182 cm³/mol. The zero-order valence-corrected chi connectivity index (χ0v) is 29.1. The van der Waals surface area contributed by atoms with Gasteiger partial charge in [-0.3, -0.25) is 0 Å². The van der Waals surface area contributed by atoms with Gasteiger partial charge >= 0.3 is 0 Å². The van der Waals surface area contributed by atoms with Crippen molar-refractivity contribution in [2.24, 2.45) is 58.2 Å². The minimum atomic E-state index is 0.553. The highest BCUT2D eigenvalue weighted by Crippen LogP contribution is 2.67. The van der Waals surface area contributed by atoms with Gasteiger partial charge in [0.25, 0.3) is 0 Å². The van der Waals surface area contributed by atoms with E-state index in [9.17, 15) is 0 Å². The quantitative estimate of drug-likeness (QED) is 0.135. The van der Waals surface area contributed by atoms with Crippen LogP contribution < -0.4 is 5.32 Å². The molecule has 0 saturated heterocycles. The molecule has 1 nitrogen and oxygen atoms in total. The van der Waals surface area contributed by atoms with E-state index in [2.05, 4.69) is 79.1 Å². The summed E-state index contributed by atoms with van der Waals surface area (Å²) in [5.41, 5.74) is 4.13. The smallest absolute Gasteiger partial charge is 0.0143 e. The summed E-state index contributed by atoms with van der Waals surface area (Å²) in [5.74, 6) is 8.54. The van der Waals surface area contributed by atoms with Gasteiger partial charge in [-0.25, -0.2) is 0 Å². The normalized spacial score (nSPS) is 36.4. The molecule has 3 saturated carbocycles. The Bertz CT molecular complexity index is 810. The standard InChI is InChI=1S/C28H48.C10H21NS/c1-19(2)8-7-9-21(4)24-12-13-25-23-11-10-22-18-20(3)14-16-27(22,5)26(23)15-17-28(24,25)6;1-4-10(8-12)6-5-7-11-9(2)3/h10,19-21,23-26H,7-9,11-18H2,1-6H3;10-12H,2,4-8H2,1,3H3/t20-,21+,23?,24?,25?,26?,27-,28+;/m0./s1. The van der Waals surface area contributed by atoms with Crippen molar-refractivity contribution in [3.63, 3.8) is 0 Å². The zero-order valence-electron chi connectivity index (χ0n) is 28.2. The molecule has 0 radical (unpaired) electrons. The summed E-state index contributed by atoms with van der Waals surface area (Å²) in [6, 6.07) is 0. The Morgan fingerprint density at radius 3 is 2.42 bits per heavy atom. The molecule has 0 aromatic carbocycles. The molecule has 0 aliphatic heterocycles. The van der Waals surface area contributed by atoms with Crippen molar-refractivity contribution in [3.8, 4) is 0 Å². The fourth-order valence-electron chi connectivity index (χ4n) is 9.98. The summed E-state index contributed by atoms with van der Waals surface area (Å²) in [6.07, 6.45) is 22.7. The van der Waals surface area contributed by atoms with E-state index in [1.54, 1.807) is 0 Å². The van der Waals surface area contributed by atoms with E-state index in [1.807, 2.05) is 12.5 Å². The molecule has 2 heteroatoms. The summed E-state index contributed by atoms with van der Waals surface area (Å²) in [7, 11) is 0. The molecule has 40 heavy (non-hydrogen) atoms. The van der Waals surface area contributed by atoms with Crippen LogP contribution in [-0.4, -0.2) is 12.3 Å². The van der Waals surface area contributed by atoms with Gasteiger partial charge in [0, 0.05) is 12.2 Å². The van der Waals surface area contributed by atoms with Crippen LogP contribution in [0.5, 0.6) is 0 Å². The number of allylic oxidation sites excluding steroid dienone is 3. The second kappa shape index (κ2) is 15.4. The van der Waals surface area contributed by atoms with Gasteiger partial charge in [-0.15, -0.1) is 0 Å². The summed E-state index contributed by atoms with van der Waals surface area (Å²) >= 11 is 4.30. The van der Waals surface area contributed by atoms with Crippen molar-refractivity contribution >= 4 is 12.6 Å². The maximum atomic E-state index is 4.30. The van der Waals surface area contributed by atoms with Gasteiger partial charge in [-0.2, -0.15) is 12.6 Å². The number of fused-ring (bicyclic) bond motifs is 5. The first-order chi connectivity index (χ1) is 19.0. The molecule has 0 aromatic rings. The summed E-state index contributed by atoms with van der Waals surface area (Å²) in [5, 5.41) is 3.23. The zero-order chi connectivity index (χ0) is 29.5. The first-order valence-corrected chi connectivity index (χ1v) is 18.3. The molecule has 4 aliphatic rings. The third kappa shape index (κ3) is 8.17. The highest BCUT2D eigenvalue weighted by molar-refractivity contribution is 7.80. The minimum Gasteiger partial charge on any atom is -0.389 e. The summed E-state index contributed by atoms with van der Waals surface area (Å²) in [4.78, 5) is 0. The Kier molecular flexibility index (Phi) is 13.1. The maximum absolute atomic E-state index is 4.30.